The van der Waals surface area contributed by atoms with Gasteiger partial charge >= 0.3 is 0 Å². The highest BCUT2D eigenvalue weighted by molar-refractivity contribution is 8.01. The summed E-state index contributed by atoms with van der Waals surface area (Å²) in [6.07, 6.45) is 4.18. The van der Waals surface area contributed by atoms with Crippen LogP contribution in [0.25, 0.3) is 0 Å². The van der Waals surface area contributed by atoms with Crippen LogP contribution in [0.5, 0.6) is 0 Å². The van der Waals surface area contributed by atoms with Crippen molar-refractivity contribution in [2.45, 2.75) is 42.4 Å². The minimum Gasteiger partial charge on any atom is -0.341 e. The molecule has 168 valence electrons. The van der Waals surface area contributed by atoms with Crippen molar-refractivity contribution in [1.29, 1.82) is 0 Å². The number of hydrogen-bond donors (Lipinski definition) is 0. The Hall–Kier alpha value is -2.80. The van der Waals surface area contributed by atoms with Crippen molar-refractivity contribution in [3.05, 3.63) is 60.2 Å². The molecule has 2 aromatic carbocycles. The highest BCUT2D eigenvalue weighted by Gasteiger charge is 2.41. The topological polar surface area (TPSA) is 60.9 Å². The van der Waals surface area contributed by atoms with E-state index in [1.165, 1.54) is 16.7 Å². The first-order chi connectivity index (χ1) is 15.5. The molecule has 32 heavy (non-hydrogen) atoms. The summed E-state index contributed by atoms with van der Waals surface area (Å²) in [7, 11) is 1.74. The molecule has 6 nitrogen and oxygen atoms in total. The monoisotopic (exact) mass is 451 g/mol. The van der Waals surface area contributed by atoms with E-state index >= 15 is 0 Å². The van der Waals surface area contributed by atoms with Gasteiger partial charge in [-0.15, -0.1) is 11.8 Å². The van der Waals surface area contributed by atoms with Crippen LogP contribution in [-0.4, -0.2) is 59.5 Å². The number of hydrogen-bond acceptors (Lipinski definition) is 4. The molecule has 0 unspecified atom stereocenters. The molecular weight excluding hydrogens is 422 g/mol. The zero-order valence-corrected chi connectivity index (χ0v) is 19.2. The van der Waals surface area contributed by atoms with Crippen molar-refractivity contribution in [3.8, 4) is 0 Å². The molecule has 1 fully saturated rings. The summed E-state index contributed by atoms with van der Waals surface area (Å²) in [4.78, 5) is 45.6. The van der Waals surface area contributed by atoms with Gasteiger partial charge in [0.15, 0.2) is 5.25 Å². The van der Waals surface area contributed by atoms with E-state index in [2.05, 4.69) is 0 Å². The maximum absolute atomic E-state index is 13.5. The third-order valence-corrected chi connectivity index (χ3v) is 7.25. The van der Waals surface area contributed by atoms with E-state index in [1.807, 2.05) is 59.5 Å². The lowest BCUT2D eigenvalue weighted by molar-refractivity contribution is -0.136. The van der Waals surface area contributed by atoms with E-state index in [0.29, 0.717) is 25.3 Å². The van der Waals surface area contributed by atoms with E-state index < -0.39 is 5.25 Å². The average molecular weight is 452 g/mol. The standard InChI is InChI=1S/C25H29N3O3S/c1-26(17-19-11-5-4-6-12-19)22(29)18-28-20-13-7-8-14-21(20)32-23(25(28)31)24(30)27-15-9-2-3-10-16-27/h4-8,11-14,23H,2-3,9-10,15-18H2,1H3/t23-/m0/s1. The normalized spacial score (nSPS) is 18.7. The highest BCUT2D eigenvalue weighted by Crippen LogP contribution is 2.40. The number of benzene rings is 2. The zero-order valence-electron chi connectivity index (χ0n) is 18.4. The van der Waals surface area contributed by atoms with Gasteiger partial charge in [0, 0.05) is 31.6 Å². The Labute approximate surface area is 193 Å². The van der Waals surface area contributed by atoms with Crippen molar-refractivity contribution >= 4 is 35.2 Å². The number of carbonyl (C=O) groups is 3. The number of rotatable bonds is 5. The quantitative estimate of drug-likeness (QED) is 0.653. The van der Waals surface area contributed by atoms with Crippen molar-refractivity contribution < 1.29 is 14.4 Å². The Morgan fingerprint density at radius 3 is 2.34 bits per heavy atom. The van der Waals surface area contributed by atoms with Crippen molar-refractivity contribution in [2.75, 3.05) is 31.6 Å². The number of para-hydroxylation sites is 1. The lowest BCUT2D eigenvalue weighted by atomic mass is 10.2. The van der Waals surface area contributed by atoms with Gasteiger partial charge in [-0.25, -0.2) is 0 Å². The molecule has 3 amide bonds. The summed E-state index contributed by atoms with van der Waals surface area (Å²) >= 11 is 1.31. The molecule has 1 atom stereocenters. The fourth-order valence-corrected chi connectivity index (χ4v) is 5.38. The highest BCUT2D eigenvalue weighted by atomic mass is 32.2. The van der Waals surface area contributed by atoms with Gasteiger partial charge in [0.25, 0.3) is 5.91 Å². The van der Waals surface area contributed by atoms with Crippen LogP contribution in [0.3, 0.4) is 0 Å². The summed E-state index contributed by atoms with van der Waals surface area (Å²) < 4.78 is 0. The van der Waals surface area contributed by atoms with Crippen LogP contribution in [-0.2, 0) is 20.9 Å². The van der Waals surface area contributed by atoms with Crippen LogP contribution in [0.4, 0.5) is 5.69 Å². The molecule has 2 aliphatic rings. The first-order valence-electron chi connectivity index (χ1n) is 11.2. The number of fused-ring (bicyclic) bond motifs is 1. The molecule has 0 saturated carbocycles. The number of nitrogens with zero attached hydrogens (tertiary/aromatic N) is 3. The van der Waals surface area contributed by atoms with Gasteiger partial charge in [0.05, 0.1) is 5.69 Å². The van der Waals surface area contributed by atoms with Gasteiger partial charge in [-0.2, -0.15) is 0 Å². The molecule has 2 aromatic rings. The van der Waals surface area contributed by atoms with Crippen molar-refractivity contribution in [2.24, 2.45) is 0 Å². The molecule has 0 aliphatic carbocycles. The van der Waals surface area contributed by atoms with Crippen molar-refractivity contribution in [3.63, 3.8) is 0 Å². The molecule has 0 aromatic heterocycles. The molecule has 2 heterocycles. The SMILES string of the molecule is CN(Cc1ccccc1)C(=O)CN1C(=O)[C@H](C(=O)N2CCCCCC2)Sc2ccccc21. The van der Waals surface area contributed by atoms with Gasteiger partial charge in [0.1, 0.15) is 6.54 Å². The molecule has 1 saturated heterocycles. The Kier molecular flexibility index (Phi) is 7.15. The Bertz CT molecular complexity index is 973. The lowest BCUT2D eigenvalue weighted by Gasteiger charge is -2.35. The first kappa shape index (κ1) is 22.4. The number of carbonyl (C=O) groups excluding carboxylic acids is 3. The zero-order chi connectivity index (χ0) is 22.5. The van der Waals surface area contributed by atoms with E-state index in [9.17, 15) is 14.4 Å². The molecular formula is C25H29N3O3S. The average Bonchev–Trinajstić information content (AvgIpc) is 3.10. The summed E-state index contributed by atoms with van der Waals surface area (Å²) in [6, 6.07) is 17.3. The second-order valence-corrected chi connectivity index (χ2v) is 9.51. The molecule has 4 rings (SSSR count). The van der Waals surface area contributed by atoms with Gasteiger partial charge in [-0.05, 0) is 30.5 Å². The van der Waals surface area contributed by atoms with Gasteiger partial charge in [-0.1, -0.05) is 55.3 Å². The summed E-state index contributed by atoms with van der Waals surface area (Å²) in [6.45, 7) is 1.78. The predicted molar refractivity (Wildman–Crippen MR) is 126 cm³/mol. The van der Waals surface area contributed by atoms with Crippen LogP contribution >= 0.6 is 11.8 Å². The van der Waals surface area contributed by atoms with Gasteiger partial charge in [0.2, 0.25) is 11.8 Å². The minimum absolute atomic E-state index is 0.0798. The minimum atomic E-state index is -0.838. The third-order valence-electron chi connectivity index (χ3n) is 6.01. The predicted octanol–water partition coefficient (Wildman–Crippen LogP) is 3.56. The van der Waals surface area contributed by atoms with Crippen molar-refractivity contribution in [1.82, 2.24) is 9.80 Å². The largest absolute Gasteiger partial charge is 0.341 e. The van der Waals surface area contributed by atoms with E-state index in [1.54, 1.807) is 11.9 Å². The number of thioether (sulfide) groups is 1. The second kappa shape index (κ2) is 10.2. The maximum atomic E-state index is 13.5. The molecule has 7 heteroatoms. The van der Waals surface area contributed by atoms with Crippen LogP contribution in [0.2, 0.25) is 0 Å². The third kappa shape index (κ3) is 4.99. The molecule has 0 N–H and O–H groups in total. The lowest BCUT2D eigenvalue weighted by Crippen LogP contribution is -2.52. The fraction of sp³-hybridized carbons (Fsp3) is 0.400. The van der Waals surface area contributed by atoms with Crippen LogP contribution in [0.1, 0.15) is 31.2 Å². The molecule has 0 bridgehead atoms. The van der Waals surface area contributed by atoms with Gasteiger partial charge < -0.3 is 14.7 Å². The number of anilines is 1. The molecule has 0 radical (unpaired) electrons. The van der Waals surface area contributed by atoms with Crippen LogP contribution in [0, 0.1) is 0 Å². The summed E-state index contributed by atoms with van der Waals surface area (Å²) in [5.74, 6) is -0.597. The van der Waals surface area contributed by atoms with E-state index in [-0.39, 0.29) is 24.3 Å². The van der Waals surface area contributed by atoms with Crippen LogP contribution < -0.4 is 4.90 Å². The first-order valence-corrected chi connectivity index (χ1v) is 12.1. The maximum Gasteiger partial charge on any atom is 0.250 e. The van der Waals surface area contributed by atoms with E-state index in [0.717, 1.165) is 36.1 Å². The number of amides is 3. The van der Waals surface area contributed by atoms with Crippen LogP contribution in [0.15, 0.2) is 59.5 Å². The number of likely N-dealkylation sites (tertiary alicyclic amines) is 1. The second-order valence-electron chi connectivity index (χ2n) is 8.36. The van der Waals surface area contributed by atoms with Gasteiger partial charge in [-0.3, -0.25) is 14.4 Å². The van der Waals surface area contributed by atoms with E-state index in [4.69, 9.17) is 0 Å². The summed E-state index contributed by atoms with van der Waals surface area (Å²) in [5.41, 5.74) is 1.72. The molecule has 0 spiro atoms. The Morgan fingerprint density at radius 1 is 0.969 bits per heavy atom. The molecule has 2 aliphatic heterocycles. The Morgan fingerprint density at radius 2 is 1.62 bits per heavy atom. The number of likely N-dealkylation sites (N-methyl/N-ethyl adjacent to an activating group) is 1. The summed E-state index contributed by atoms with van der Waals surface area (Å²) in [5, 5.41) is -0.838. The smallest absolute Gasteiger partial charge is 0.250 e. The fourth-order valence-electron chi connectivity index (χ4n) is 4.19. The Balaban J connectivity index is 1.52.